The molecule has 1 aliphatic rings. The molecular formula is C15H22N2O4. The topological polar surface area (TPSA) is 82.8 Å². The number of hydrogen-bond donors (Lipinski definition) is 2. The summed E-state index contributed by atoms with van der Waals surface area (Å²) in [6, 6.07) is 2.66. The highest BCUT2D eigenvalue weighted by Gasteiger charge is 2.36. The first kappa shape index (κ1) is 15.6. The zero-order valence-corrected chi connectivity index (χ0v) is 12.4. The molecule has 3 atom stereocenters. The van der Waals surface area contributed by atoms with Gasteiger partial charge >= 0.3 is 0 Å². The Kier molecular flexibility index (Phi) is 5.01. The van der Waals surface area contributed by atoms with Gasteiger partial charge in [0.25, 0.3) is 5.91 Å². The van der Waals surface area contributed by atoms with Gasteiger partial charge in [0.2, 0.25) is 5.91 Å². The summed E-state index contributed by atoms with van der Waals surface area (Å²) >= 11 is 0. The molecular weight excluding hydrogens is 272 g/mol. The van der Waals surface area contributed by atoms with E-state index in [1.54, 1.807) is 17.0 Å². The molecule has 6 nitrogen and oxygen atoms in total. The number of carbonyl (C=O) groups excluding carboxylic acids is 2. The van der Waals surface area contributed by atoms with Crippen LogP contribution >= 0.6 is 0 Å². The lowest BCUT2D eigenvalue weighted by Crippen LogP contribution is -2.49. The van der Waals surface area contributed by atoms with E-state index in [2.05, 4.69) is 5.32 Å². The fourth-order valence-electron chi connectivity index (χ4n) is 2.45. The molecule has 2 heterocycles. The lowest BCUT2D eigenvalue weighted by Gasteiger charge is -2.26. The number of nitrogens with zero attached hydrogens (tertiary/aromatic N) is 1. The molecule has 1 aromatic rings. The first-order valence-electron chi connectivity index (χ1n) is 7.30. The molecule has 21 heavy (non-hydrogen) atoms. The van der Waals surface area contributed by atoms with Crippen molar-refractivity contribution >= 4 is 11.8 Å². The maximum Gasteiger partial charge on any atom is 0.290 e. The molecule has 2 N–H and O–H groups in total. The Morgan fingerprint density at radius 3 is 2.90 bits per heavy atom. The van der Waals surface area contributed by atoms with Gasteiger partial charge in [-0.25, -0.2) is 0 Å². The van der Waals surface area contributed by atoms with E-state index in [1.165, 1.54) is 6.26 Å². The Labute approximate surface area is 124 Å². The summed E-state index contributed by atoms with van der Waals surface area (Å²) in [5.41, 5.74) is 0. The minimum absolute atomic E-state index is 0.0150. The maximum absolute atomic E-state index is 12.3. The van der Waals surface area contributed by atoms with Gasteiger partial charge in [0.1, 0.15) is 6.04 Å². The van der Waals surface area contributed by atoms with Crippen molar-refractivity contribution in [3.8, 4) is 0 Å². The number of amides is 2. The molecule has 3 unspecified atom stereocenters. The number of likely N-dealkylation sites (tertiary alicyclic amines) is 1. The zero-order valence-electron chi connectivity index (χ0n) is 12.4. The number of nitrogens with one attached hydrogen (secondary N) is 1. The summed E-state index contributed by atoms with van der Waals surface area (Å²) in [7, 11) is 0. The molecule has 2 amide bonds. The second kappa shape index (κ2) is 6.76. The zero-order chi connectivity index (χ0) is 15.4. The molecule has 0 aliphatic carbocycles. The van der Waals surface area contributed by atoms with E-state index in [0.29, 0.717) is 13.0 Å². The average Bonchev–Trinajstić information content (AvgIpc) is 3.16. The quantitative estimate of drug-likeness (QED) is 0.849. The average molecular weight is 294 g/mol. The van der Waals surface area contributed by atoms with E-state index in [4.69, 9.17) is 9.52 Å². The Morgan fingerprint density at radius 1 is 1.52 bits per heavy atom. The third kappa shape index (κ3) is 3.44. The molecule has 0 saturated carbocycles. The van der Waals surface area contributed by atoms with Crippen molar-refractivity contribution in [2.24, 2.45) is 5.92 Å². The van der Waals surface area contributed by atoms with Crippen LogP contribution in [0.1, 0.15) is 37.2 Å². The molecule has 0 bridgehead atoms. The minimum atomic E-state index is -0.462. The summed E-state index contributed by atoms with van der Waals surface area (Å²) in [5.74, 6) is -0.184. The summed E-state index contributed by atoms with van der Waals surface area (Å²) < 4.78 is 5.12. The number of aliphatic hydroxyl groups excluding tert-OH is 1. The van der Waals surface area contributed by atoms with Gasteiger partial charge in [0.15, 0.2) is 5.76 Å². The van der Waals surface area contributed by atoms with Crippen LogP contribution in [0.2, 0.25) is 0 Å². The van der Waals surface area contributed by atoms with Crippen LogP contribution in [0.5, 0.6) is 0 Å². The van der Waals surface area contributed by atoms with Gasteiger partial charge in [0, 0.05) is 19.2 Å². The lowest BCUT2D eigenvalue weighted by molar-refractivity contribution is -0.125. The summed E-state index contributed by atoms with van der Waals surface area (Å²) in [6.07, 6.45) is 2.90. The number of rotatable bonds is 5. The maximum atomic E-state index is 12.3. The van der Waals surface area contributed by atoms with Crippen LogP contribution in [-0.4, -0.2) is 47.1 Å². The van der Waals surface area contributed by atoms with E-state index in [1.807, 2.05) is 13.8 Å². The second-order valence-electron chi connectivity index (χ2n) is 5.59. The molecule has 0 spiro atoms. The van der Waals surface area contributed by atoms with Crippen LogP contribution in [0.4, 0.5) is 0 Å². The van der Waals surface area contributed by atoms with Gasteiger partial charge in [-0.05, 0) is 37.8 Å². The minimum Gasteiger partial charge on any atom is -0.459 e. The monoisotopic (exact) mass is 294 g/mol. The lowest BCUT2D eigenvalue weighted by atomic mass is 10.0. The van der Waals surface area contributed by atoms with Crippen LogP contribution in [-0.2, 0) is 4.79 Å². The summed E-state index contributed by atoms with van der Waals surface area (Å²) in [6.45, 7) is 4.29. The number of aliphatic hydroxyl groups is 1. The fraction of sp³-hybridized carbons (Fsp3) is 0.600. The molecule has 1 fully saturated rings. The van der Waals surface area contributed by atoms with Crippen molar-refractivity contribution in [1.29, 1.82) is 0 Å². The molecule has 1 aromatic heterocycles. The molecule has 116 valence electrons. The predicted molar refractivity (Wildman–Crippen MR) is 76.6 cm³/mol. The van der Waals surface area contributed by atoms with Crippen molar-refractivity contribution in [2.45, 2.75) is 38.8 Å². The van der Waals surface area contributed by atoms with E-state index < -0.39 is 6.04 Å². The number of hydrogen-bond acceptors (Lipinski definition) is 4. The van der Waals surface area contributed by atoms with Gasteiger partial charge in [-0.2, -0.15) is 0 Å². The molecule has 1 aliphatic heterocycles. The summed E-state index contributed by atoms with van der Waals surface area (Å²) in [4.78, 5) is 26.2. The Morgan fingerprint density at radius 2 is 2.29 bits per heavy atom. The van der Waals surface area contributed by atoms with Gasteiger partial charge in [-0.3, -0.25) is 9.59 Å². The Balaban J connectivity index is 2.01. The highest BCUT2D eigenvalue weighted by Crippen LogP contribution is 2.21. The van der Waals surface area contributed by atoms with Crippen molar-refractivity contribution in [2.75, 3.05) is 13.2 Å². The molecule has 0 radical (unpaired) electrons. The van der Waals surface area contributed by atoms with E-state index in [-0.39, 0.29) is 36.1 Å². The third-order valence-corrected chi connectivity index (χ3v) is 4.06. The van der Waals surface area contributed by atoms with Gasteiger partial charge in [-0.1, -0.05) is 6.92 Å². The van der Waals surface area contributed by atoms with Crippen LogP contribution in [0, 0.1) is 5.92 Å². The first-order valence-corrected chi connectivity index (χ1v) is 7.30. The van der Waals surface area contributed by atoms with Crippen molar-refractivity contribution in [1.82, 2.24) is 10.2 Å². The van der Waals surface area contributed by atoms with Gasteiger partial charge in [0.05, 0.1) is 6.26 Å². The fourth-order valence-corrected chi connectivity index (χ4v) is 2.45. The largest absolute Gasteiger partial charge is 0.459 e. The molecule has 2 rings (SSSR count). The molecule has 0 aromatic carbocycles. The Bertz CT molecular complexity index is 486. The van der Waals surface area contributed by atoms with Crippen molar-refractivity contribution < 1.29 is 19.1 Å². The molecule has 6 heteroatoms. The number of carbonyl (C=O) groups is 2. The standard InChI is InChI=1S/C15H22N2O4/c1-10(9-18)11(2)16-14(19)12-5-3-7-17(12)15(20)13-6-4-8-21-13/h4,6,8,10-12,18H,3,5,7,9H2,1-2H3,(H,16,19). The van der Waals surface area contributed by atoms with Crippen LogP contribution in [0.3, 0.4) is 0 Å². The van der Waals surface area contributed by atoms with Gasteiger partial charge in [-0.15, -0.1) is 0 Å². The van der Waals surface area contributed by atoms with Crippen LogP contribution in [0.15, 0.2) is 22.8 Å². The Hall–Kier alpha value is -1.82. The van der Waals surface area contributed by atoms with Crippen LogP contribution < -0.4 is 5.32 Å². The third-order valence-electron chi connectivity index (χ3n) is 4.06. The SMILES string of the molecule is CC(CO)C(C)NC(=O)C1CCCN1C(=O)c1ccco1. The van der Waals surface area contributed by atoms with Crippen molar-refractivity contribution in [3.05, 3.63) is 24.2 Å². The van der Waals surface area contributed by atoms with Gasteiger partial charge < -0.3 is 19.7 Å². The highest BCUT2D eigenvalue weighted by molar-refractivity contribution is 5.96. The van der Waals surface area contributed by atoms with Crippen molar-refractivity contribution in [3.63, 3.8) is 0 Å². The molecule has 1 saturated heterocycles. The van der Waals surface area contributed by atoms with E-state index in [9.17, 15) is 9.59 Å². The smallest absolute Gasteiger partial charge is 0.290 e. The summed E-state index contributed by atoms with van der Waals surface area (Å²) in [5, 5.41) is 12.0. The first-order chi connectivity index (χ1) is 10.0. The van der Waals surface area contributed by atoms with E-state index >= 15 is 0 Å². The second-order valence-corrected chi connectivity index (χ2v) is 5.59. The van der Waals surface area contributed by atoms with E-state index in [0.717, 1.165) is 6.42 Å². The predicted octanol–water partition coefficient (Wildman–Crippen LogP) is 1.02. The highest BCUT2D eigenvalue weighted by atomic mass is 16.3. The normalized spacial score (nSPS) is 21.1. The van der Waals surface area contributed by atoms with Crippen LogP contribution in [0.25, 0.3) is 0 Å². The number of furan rings is 1.